The summed E-state index contributed by atoms with van der Waals surface area (Å²) in [4.78, 5) is 12.8. The summed E-state index contributed by atoms with van der Waals surface area (Å²) in [5, 5.41) is 3.18. The number of halogens is 1. The van der Waals surface area contributed by atoms with Crippen molar-refractivity contribution in [3.8, 4) is 0 Å². The van der Waals surface area contributed by atoms with Gasteiger partial charge in [-0.2, -0.15) is 0 Å². The number of aryl methyl sites for hydroxylation is 1. The van der Waals surface area contributed by atoms with Crippen LogP contribution in [0.3, 0.4) is 0 Å². The fraction of sp³-hybridized carbons (Fsp3) is 0.611. The molecular formula is C18H22BrNO. The van der Waals surface area contributed by atoms with Crippen molar-refractivity contribution >= 4 is 27.5 Å². The molecule has 0 atom stereocenters. The van der Waals surface area contributed by atoms with Gasteiger partial charge in [-0.15, -0.1) is 0 Å². The average Bonchev–Trinajstić information content (AvgIpc) is 2.40. The second kappa shape index (κ2) is 5.12. The van der Waals surface area contributed by atoms with Crippen LogP contribution in [-0.2, 0) is 4.79 Å². The van der Waals surface area contributed by atoms with E-state index in [4.69, 9.17) is 0 Å². The molecule has 4 fully saturated rings. The minimum Gasteiger partial charge on any atom is -0.325 e. The zero-order chi connectivity index (χ0) is 14.6. The first-order chi connectivity index (χ1) is 10.1. The number of carbonyl (C=O) groups is 1. The summed E-state index contributed by atoms with van der Waals surface area (Å²) in [6, 6.07) is 6.12. The molecule has 2 nitrogen and oxygen atoms in total. The molecule has 0 aromatic heterocycles. The lowest BCUT2D eigenvalue weighted by molar-refractivity contribution is -0.132. The third-order valence-corrected chi connectivity index (χ3v) is 6.57. The molecule has 0 aliphatic heterocycles. The SMILES string of the molecule is Cc1ccc(NC(=O)C2C3CC4CC(C3)CC2C4)c(Br)c1. The molecule has 0 spiro atoms. The topological polar surface area (TPSA) is 29.1 Å². The predicted octanol–water partition coefficient (Wildman–Crippen LogP) is 4.77. The quantitative estimate of drug-likeness (QED) is 0.820. The molecule has 0 unspecified atom stereocenters. The van der Waals surface area contributed by atoms with Crippen molar-refractivity contribution < 1.29 is 4.79 Å². The molecule has 4 aliphatic rings. The van der Waals surface area contributed by atoms with Crippen LogP contribution in [0, 0.1) is 36.5 Å². The maximum atomic E-state index is 12.8. The standard InChI is InChI=1S/C18H22BrNO/c1-10-2-3-16(15(19)4-10)20-18(21)17-13-6-11-5-12(8-13)9-14(17)7-11/h2-4,11-14,17H,5-9H2,1H3,(H,20,21). The highest BCUT2D eigenvalue weighted by Gasteiger charge is 2.50. The molecule has 4 bridgehead atoms. The second-order valence-corrected chi connectivity index (χ2v) is 8.28. The molecule has 5 rings (SSSR count). The number of hydrogen-bond acceptors (Lipinski definition) is 1. The maximum absolute atomic E-state index is 12.8. The summed E-state index contributed by atoms with van der Waals surface area (Å²) in [7, 11) is 0. The molecule has 0 radical (unpaired) electrons. The van der Waals surface area contributed by atoms with Gasteiger partial charge in [0.15, 0.2) is 0 Å². The molecule has 4 saturated carbocycles. The first-order valence-electron chi connectivity index (χ1n) is 8.17. The van der Waals surface area contributed by atoms with Crippen molar-refractivity contribution in [1.82, 2.24) is 0 Å². The number of anilines is 1. The van der Waals surface area contributed by atoms with Gasteiger partial charge >= 0.3 is 0 Å². The van der Waals surface area contributed by atoms with E-state index in [0.29, 0.717) is 11.8 Å². The van der Waals surface area contributed by atoms with Gasteiger partial charge in [0, 0.05) is 10.4 Å². The molecule has 4 aliphatic carbocycles. The highest BCUT2D eigenvalue weighted by molar-refractivity contribution is 9.10. The highest BCUT2D eigenvalue weighted by atomic mass is 79.9. The normalized spacial score (nSPS) is 36.8. The van der Waals surface area contributed by atoms with Gasteiger partial charge in [-0.3, -0.25) is 4.79 Å². The predicted molar refractivity (Wildman–Crippen MR) is 88.0 cm³/mol. The zero-order valence-corrected chi connectivity index (χ0v) is 14.0. The number of benzene rings is 1. The van der Waals surface area contributed by atoms with Crippen molar-refractivity contribution in [2.24, 2.45) is 29.6 Å². The van der Waals surface area contributed by atoms with Crippen LogP contribution in [0.4, 0.5) is 5.69 Å². The van der Waals surface area contributed by atoms with Crippen LogP contribution in [-0.4, -0.2) is 5.91 Å². The highest BCUT2D eigenvalue weighted by Crippen LogP contribution is 2.56. The summed E-state index contributed by atoms with van der Waals surface area (Å²) >= 11 is 3.56. The third kappa shape index (κ3) is 2.44. The van der Waals surface area contributed by atoms with Gasteiger partial charge in [-0.05, 0) is 96.3 Å². The second-order valence-electron chi connectivity index (χ2n) is 7.43. The Morgan fingerprint density at radius 2 is 1.71 bits per heavy atom. The van der Waals surface area contributed by atoms with Gasteiger partial charge < -0.3 is 5.32 Å². The zero-order valence-electron chi connectivity index (χ0n) is 12.4. The number of amides is 1. The number of hydrogen-bond donors (Lipinski definition) is 1. The lowest BCUT2D eigenvalue weighted by Crippen LogP contribution is -2.49. The summed E-state index contributed by atoms with van der Waals surface area (Å²) in [5.74, 6) is 3.64. The van der Waals surface area contributed by atoms with Crippen molar-refractivity contribution in [2.75, 3.05) is 5.32 Å². The van der Waals surface area contributed by atoms with E-state index < -0.39 is 0 Å². The lowest BCUT2D eigenvalue weighted by atomic mass is 9.51. The van der Waals surface area contributed by atoms with Crippen LogP contribution in [0.2, 0.25) is 0 Å². The Morgan fingerprint density at radius 1 is 1.10 bits per heavy atom. The summed E-state index contributed by atoms with van der Waals surface area (Å²) in [6.45, 7) is 2.06. The first kappa shape index (κ1) is 13.8. The molecule has 3 heteroatoms. The van der Waals surface area contributed by atoms with Crippen LogP contribution in [0.15, 0.2) is 22.7 Å². The van der Waals surface area contributed by atoms with Gasteiger partial charge in [0.1, 0.15) is 0 Å². The van der Waals surface area contributed by atoms with Crippen LogP contribution >= 0.6 is 15.9 Å². The maximum Gasteiger partial charge on any atom is 0.228 e. The lowest BCUT2D eigenvalue weighted by Gasteiger charge is -2.53. The van der Waals surface area contributed by atoms with Crippen LogP contribution in [0.25, 0.3) is 0 Å². The Balaban J connectivity index is 1.52. The van der Waals surface area contributed by atoms with Gasteiger partial charge in [0.25, 0.3) is 0 Å². The van der Waals surface area contributed by atoms with E-state index in [2.05, 4.69) is 40.3 Å². The summed E-state index contributed by atoms with van der Waals surface area (Å²) < 4.78 is 0.986. The summed E-state index contributed by atoms with van der Waals surface area (Å²) in [5.41, 5.74) is 2.12. The Labute approximate surface area is 134 Å². The van der Waals surface area contributed by atoms with Crippen molar-refractivity contribution in [1.29, 1.82) is 0 Å². The van der Waals surface area contributed by atoms with E-state index in [1.165, 1.54) is 37.7 Å². The Bertz CT molecular complexity index is 555. The number of nitrogens with one attached hydrogen (secondary N) is 1. The van der Waals surface area contributed by atoms with Gasteiger partial charge in [-0.25, -0.2) is 0 Å². The average molecular weight is 348 g/mol. The van der Waals surface area contributed by atoms with Crippen molar-refractivity contribution in [3.05, 3.63) is 28.2 Å². The van der Waals surface area contributed by atoms with Crippen LogP contribution in [0.1, 0.15) is 37.7 Å². The summed E-state index contributed by atoms with van der Waals surface area (Å²) in [6.07, 6.45) is 6.60. The monoisotopic (exact) mass is 347 g/mol. The van der Waals surface area contributed by atoms with E-state index >= 15 is 0 Å². The van der Waals surface area contributed by atoms with Crippen LogP contribution in [0.5, 0.6) is 0 Å². The third-order valence-electron chi connectivity index (χ3n) is 5.91. The molecule has 0 saturated heterocycles. The Kier molecular flexibility index (Phi) is 3.36. The fourth-order valence-corrected chi connectivity index (χ4v) is 5.88. The largest absolute Gasteiger partial charge is 0.325 e. The molecular weight excluding hydrogens is 326 g/mol. The minimum atomic E-state index is 0.256. The molecule has 1 aromatic carbocycles. The number of carbonyl (C=O) groups excluding carboxylic acids is 1. The van der Waals surface area contributed by atoms with Gasteiger partial charge in [-0.1, -0.05) is 6.07 Å². The molecule has 1 N–H and O–H groups in total. The van der Waals surface area contributed by atoms with E-state index in [1.807, 2.05) is 6.07 Å². The van der Waals surface area contributed by atoms with E-state index in [9.17, 15) is 4.79 Å². The Morgan fingerprint density at radius 3 is 2.29 bits per heavy atom. The van der Waals surface area contributed by atoms with E-state index in [0.717, 1.165) is 22.0 Å². The Hall–Kier alpha value is -0.830. The van der Waals surface area contributed by atoms with Gasteiger partial charge in [0.05, 0.1) is 5.69 Å². The molecule has 1 amide bonds. The van der Waals surface area contributed by atoms with E-state index in [-0.39, 0.29) is 11.8 Å². The fourth-order valence-electron chi connectivity index (χ4n) is 5.29. The molecule has 0 heterocycles. The van der Waals surface area contributed by atoms with E-state index in [1.54, 1.807) is 0 Å². The van der Waals surface area contributed by atoms with Crippen LogP contribution < -0.4 is 5.32 Å². The smallest absolute Gasteiger partial charge is 0.228 e. The molecule has 1 aromatic rings. The van der Waals surface area contributed by atoms with Crippen molar-refractivity contribution in [3.63, 3.8) is 0 Å². The molecule has 112 valence electrons. The van der Waals surface area contributed by atoms with Gasteiger partial charge in [0.2, 0.25) is 5.91 Å². The minimum absolute atomic E-state index is 0.256. The van der Waals surface area contributed by atoms with Crippen molar-refractivity contribution in [2.45, 2.75) is 39.0 Å². The number of rotatable bonds is 2. The molecule has 21 heavy (non-hydrogen) atoms. The first-order valence-corrected chi connectivity index (χ1v) is 8.96.